The molecule has 2 aliphatic rings. The molecule has 4 nitrogen and oxygen atoms in total. The topological polar surface area (TPSA) is 39.7 Å². The molecule has 162 valence electrons. The molecule has 1 heterocycles. The van der Waals surface area contributed by atoms with Gasteiger partial charge in [0.1, 0.15) is 5.75 Å². The second kappa shape index (κ2) is 10.5. The number of nitrogens with one attached hydrogen (secondary N) is 1. The molecule has 2 aromatic carbocycles. The first-order valence-corrected chi connectivity index (χ1v) is 11.4. The summed E-state index contributed by atoms with van der Waals surface area (Å²) in [5.74, 6) is 2.77. The Morgan fingerprint density at radius 2 is 1.80 bits per heavy atom. The normalized spacial score (nSPS) is 14.4. The highest BCUT2D eigenvalue weighted by Crippen LogP contribution is 2.41. The first-order chi connectivity index (χ1) is 14.9. The largest absolute Gasteiger partial charge is 0.493 e. The van der Waals surface area contributed by atoms with Crippen LogP contribution in [0.25, 0.3) is 11.1 Å². The number of rotatable bonds is 11. The summed E-state index contributed by atoms with van der Waals surface area (Å²) in [6.45, 7) is 6.81. The maximum absolute atomic E-state index is 6.24. The highest BCUT2D eigenvalue weighted by atomic mass is 16.7. The van der Waals surface area contributed by atoms with Crippen molar-refractivity contribution in [3.8, 4) is 28.4 Å². The molecule has 4 rings (SSSR count). The van der Waals surface area contributed by atoms with Gasteiger partial charge in [-0.2, -0.15) is 0 Å². The zero-order chi connectivity index (χ0) is 20.6. The van der Waals surface area contributed by atoms with Crippen LogP contribution < -0.4 is 19.5 Å². The van der Waals surface area contributed by atoms with Crippen molar-refractivity contribution in [2.75, 3.05) is 26.5 Å². The molecule has 30 heavy (non-hydrogen) atoms. The molecule has 0 saturated heterocycles. The van der Waals surface area contributed by atoms with Crippen molar-refractivity contribution in [2.45, 2.75) is 51.4 Å². The predicted molar refractivity (Wildman–Crippen MR) is 124 cm³/mol. The van der Waals surface area contributed by atoms with Gasteiger partial charge in [0, 0.05) is 7.97 Å². The van der Waals surface area contributed by atoms with Gasteiger partial charge in [0.15, 0.2) is 11.5 Å². The third kappa shape index (κ3) is 4.99. The van der Waals surface area contributed by atoms with E-state index in [1.54, 1.807) is 0 Å². The first kappa shape index (κ1) is 20.8. The number of fused-ring (bicyclic) bond motifs is 2. The quantitative estimate of drug-likeness (QED) is 0.369. The molecule has 0 radical (unpaired) electrons. The van der Waals surface area contributed by atoms with Gasteiger partial charge in [-0.1, -0.05) is 31.1 Å². The molecule has 1 aliphatic carbocycles. The highest BCUT2D eigenvalue weighted by molar-refractivity contribution is 5.73. The van der Waals surface area contributed by atoms with Crippen molar-refractivity contribution in [1.82, 2.24) is 5.32 Å². The number of unbranched alkanes of at least 4 members (excludes halogenated alkanes) is 3. The Labute approximate surface area is 181 Å². The van der Waals surface area contributed by atoms with E-state index >= 15 is 0 Å². The van der Waals surface area contributed by atoms with Crippen LogP contribution in [-0.2, 0) is 12.8 Å². The Balaban J connectivity index is 0.00000272. The van der Waals surface area contributed by atoms with Crippen LogP contribution in [0.2, 0.25) is 0 Å². The fraction of sp³-hybridized carbons (Fsp3) is 0.462. The zero-order valence-corrected chi connectivity index (χ0v) is 17.9. The second-order valence-electron chi connectivity index (χ2n) is 8.10. The van der Waals surface area contributed by atoms with Crippen LogP contribution in [-0.4, -0.2) is 26.5 Å². The molecule has 0 spiro atoms. The first-order valence-electron chi connectivity index (χ1n) is 11.4. The maximum atomic E-state index is 6.24. The van der Waals surface area contributed by atoms with Gasteiger partial charge >= 0.3 is 0 Å². The average molecular weight is 410 g/mol. The van der Waals surface area contributed by atoms with E-state index in [-0.39, 0.29) is 1.43 Å². The minimum atomic E-state index is 0. The molecule has 4 heteroatoms. The number of hydrogen-bond acceptors (Lipinski definition) is 4. The van der Waals surface area contributed by atoms with Gasteiger partial charge in [-0.25, -0.2) is 0 Å². The lowest BCUT2D eigenvalue weighted by molar-refractivity contribution is 0.174. The minimum absolute atomic E-state index is 0. The van der Waals surface area contributed by atoms with E-state index in [4.69, 9.17) is 14.2 Å². The van der Waals surface area contributed by atoms with Crippen LogP contribution in [0.3, 0.4) is 0 Å². The summed E-state index contributed by atoms with van der Waals surface area (Å²) in [4.78, 5) is 0. The smallest absolute Gasteiger partial charge is 0.231 e. The Kier molecular flexibility index (Phi) is 7.30. The van der Waals surface area contributed by atoms with Crippen molar-refractivity contribution < 1.29 is 15.6 Å². The van der Waals surface area contributed by atoms with Crippen molar-refractivity contribution in [3.05, 3.63) is 54.1 Å². The van der Waals surface area contributed by atoms with Gasteiger partial charge < -0.3 is 19.5 Å². The predicted octanol–water partition coefficient (Wildman–Crippen LogP) is 5.92. The van der Waals surface area contributed by atoms with Gasteiger partial charge in [0.2, 0.25) is 6.79 Å². The van der Waals surface area contributed by atoms with Crippen LogP contribution in [0.5, 0.6) is 17.2 Å². The van der Waals surface area contributed by atoms with Crippen LogP contribution in [0.1, 0.15) is 51.1 Å². The van der Waals surface area contributed by atoms with E-state index in [9.17, 15) is 0 Å². The molecule has 0 aromatic heterocycles. The van der Waals surface area contributed by atoms with E-state index in [0.717, 1.165) is 56.2 Å². The summed E-state index contributed by atoms with van der Waals surface area (Å²) in [5.41, 5.74) is 5.37. The lowest BCUT2D eigenvalue weighted by Gasteiger charge is -2.23. The van der Waals surface area contributed by atoms with Crippen molar-refractivity contribution in [2.24, 2.45) is 0 Å². The summed E-state index contributed by atoms with van der Waals surface area (Å²) in [6.07, 6.45) is 11.4. The van der Waals surface area contributed by atoms with Crippen molar-refractivity contribution in [1.29, 1.82) is 0 Å². The summed E-state index contributed by atoms with van der Waals surface area (Å²) >= 11 is 0. The molecule has 0 unspecified atom stereocenters. The lowest BCUT2D eigenvalue weighted by atomic mass is 9.85. The molecule has 0 fully saturated rings. The molecule has 0 atom stereocenters. The highest BCUT2D eigenvalue weighted by Gasteiger charge is 2.21. The third-order valence-electron chi connectivity index (χ3n) is 5.97. The molecule has 0 bridgehead atoms. The standard InChI is InChI=1S/C26H33NO3.H2/c1-2-15-27-16-7-3-4-8-17-28-24-14-12-21(22-9-5-6-10-23(22)24)20-11-13-25-26(18-20)30-19-29-25;/h2,11-14,18,27H,1,3-10,15-17,19H2;1H. The molecule has 2 aromatic rings. The minimum Gasteiger partial charge on any atom is -0.493 e. The van der Waals surface area contributed by atoms with Gasteiger partial charge in [0.05, 0.1) is 6.61 Å². The SMILES string of the molecule is C=CCNCCCCCCOc1ccc(-c2ccc3c(c2)OCO3)c2c1CCCC2.[HH]. The van der Waals surface area contributed by atoms with E-state index < -0.39 is 0 Å². The van der Waals surface area contributed by atoms with E-state index in [0.29, 0.717) is 6.79 Å². The van der Waals surface area contributed by atoms with Gasteiger partial charge in [0.25, 0.3) is 0 Å². The Bertz CT molecular complexity index is 868. The van der Waals surface area contributed by atoms with Crippen LogP contribution in [0.15, 0.2) is 43.0 Å². The van der Waals surface area contributed by atoms with Gasteiger partial charge in [-0.15, -0.1) is 6.58 Å². The fourth-order valence-corrected chi connectivity index (χ4v) is 4.40. The van der Waals surface area contributed by atoms with Crippen LogP contribution in [0.4, 0.5) is 0 Å². The molecule has 0 saturated carbocycles. The number of ether oxygens (including phenoxy) is 3. The van der Waals surface area contributed by atoms with Gasteiger partial charge in [-0.3, -0.25) is 0 Å². The fourth-order valence-electron chi connectivity index (χ4n) is 4.40. The van der Waals surface area contributed by atoms with E-state index in [1.165, 1.54) is 54.4 Å². The lowest BCUT2D eigenvalue weighted by Crippen LogP contribution is -2.14. The number of hydrogen-bond donors (Lipinski definition) is 1. The average Bonchev–Trinajstić information content (AvgIpc) is 3.26. The summed E-state index contributed by atoms with van der Waals surface area (Å²) < 4.78 is 17.3. The molecular formula is C26H35NO3. The molecule has 1 aliphatic heterocycles. The monoisotopic (exact) mass is 409 g/mol. The van der Waals surface area contributed by atoms with Crippen LogP contribution >= 0.6 is 0 Å². The van der Waals surface area contributed by atoms with Crippen molar-refractivity contribution >= 4 is 0 Å². The van der Waals surface area contributed by atoms with E-state index in [1.807, 2.05) is 12.1 Å². The maximum Gasteiger partial charge on any atom is 0.231 e. The Hall–Kier alpha value is -2.46. The third-order valence-corrected chi connectivity index (χ3v) is 5.97. The Morgan fingerprint density at radius 3 is 2.70 bits per heavy atom. The molecule has 1 N–H and O–H groups in total. The second-order valence-corrected chi connectivity index (χ2v) is 8.10. The Morgan fingerprint density at radius 1 is 0.967 bits per heavy atom. The zero-order valence-electron chi connectivity index (χ0n) is 17.9. The van der Waals surface area contributed by atoms with Gasteiger partial charge in [-0.05, 0) is 85.5 Å². The summed E-state index contributed by atoms with van der Waals surface area (Å²) in [5, 5.41) is 3.35. The van der Waals surface area contributed by atoms with E-state index in [2.05, 4.69) is 36.2 Å². The summed E-state index contributed by atoms with van der Waals surface area (Å²) in [6, 6.07) is 10.7. The van der Waals surface area contributed by atoms with Crippen molar-refractivity contribution in [3.63, 3.8) is 0 Å². The number of benzene rings is 2. The van der Waals surface area contributed by atoms with Crippen LogP contribution in [0, 0.1) is 0 Å². The molecule has 0 amide bonds. The summed E-state index contributed by atoms with van der Waals surface area (Å²) in [7, 11) is 0. The molecular weight excluding hydrogens is 374 g/mol.